The van der Waals surface area contributed by atoms with Crippen molar-refractivity contribution in [1.82, 2.24) is 15.0 Å². The van der Waals surface area contributed by atoms with Crippen LogP contribution in [0.2, 0.25) is 0 Å². The summed E-state index contributed by atoms with van der Waals surface area (Å²) in [7, 11) is 0. The van der Waals surface area contributed by atoms with Gasteiger partial charge in [0.05, 0.1) is 0 Å². The molecular formula is C15H3Cl3F21N3O3. The van der Waals surface area contributed by atoms with Crippen LogP contribution in [-0.4, -0.2) is 68.5 Å². The SMILES string of the molecule is FC(Cl)C(F)(F)OC(F)(F)C(F)(F)c1nc(C(F)(F)C(F)(F)OC(F)(F)C(F)Cl)nc(C(F)(F)C(F)(F)OC(F)(F)C(F)Cl)n1. The molecule has 0 bridgehead atoms. The van der Waals surface area contributed by atoms with Crippen molar-refractivity contribution in [2.45, 2.75) is 71.3 Å². The van der Waals surface area contributed by atoms with Gasteiger partial charge in [0.15, 0.2) is 0 Å². The van der Waals surface area contributed by atoms with E-state index in [0.717, 1.165) is 0 Å². The van der Waals surface area contributed by atoms with Gasteiger partial charge < -0.3 is 0 Å². The third-order valence-corrected chi connectivity index (χ3v) is 4.89. The summed E-state index contributed by atoms with van der Waals surface area (Å²) >= 11 is 12.1. The molecule has 0 fully saturated rings. The van der Waals surface area contributed by atoms with Crippen molar-refractivity contribution in [1.29, 1.82) is 0 Å². The Kier molecular flexibility index (Phi) is 11.4. The molecule has 264 valence electrons. The maximum Gasteiger partial charge on any atom is 0.431 e. The van der Waals surface area contributed by atoms with Crippen molar-refractivity contribution in [3.05, 3.63) is 17.5 Å². The largest absolute Gasteiger partial charge is 0.431 e. The third kappa shape index (κ3) is 8.24. The molecule has 6 nitrogen and oxygen atoms in total. The van der Waals surface area contributed by atoms with Crippen LogP contribution in [0.3, 0.4) is 0 Å². The molecule has 1 aromatic heterocycles. The Morgan fingerprint density at radius 1 is 0.378 bits per heavy atom. The minimum atomic E-state index is -7.24. The van der Waals surface area contributed by atoms with E-state index < -0.39 is 88.8 Å². The van der Waals surface area contributed by atoms with E-state index in [-0.39, 0.29) is 0 Å². The average molecular weight is 779 g/mol. The fourth-order valence-corrected chi connectivity index (χ4v) is 2.16. The number of aromatic nitrogens is 3. The van der Waals surface area contributed by atoms with Gasteiger partial charge in [-0.05, 0) is 0 Å². The maximum absolute atomic E-state index is 14.4. The fourth-order valence-electron chi connectivity index (χ4n) is 2.03. The van der Waals surface area contributed by atoms with Crippen LogP contribution < -0.4 is 0 Å². The zero-order valence-electron chi connectivity index (χ0n) is 19.4. The van der Waals surface area contributed by atoms with E-state index >= 15 is 0 Å². The van der Waals surface area contributed by atoms with Gasteiger partial charge in [-0.1, -0.05) is 34.8 Å². The zero-order chi connectivity index (χ0) is 36.2. The highest BCUT2D eigenvalue weighted by molar-refractivity contribution is 6.20. The molecule has 30 heteroatoms. The average Bonchev–Trinajstić information content (AvgIpc) is 2.81. The number of alkyl halides is 24. The molecule has 0 aliphatic heterocycles. The Morgan fingerprint density at radius 3 is 0.667 bits per heavy atom. The van der Waals surface area contributed by atoms with E-state index in [4.69, 9.17) is 0 Å². The predicted molar refractivity (Wildman–Crippen MR) is 96.7 cm³/mol. The maximum atomic E-state index is 14.4. The van der Waals surface area contributed by atoms with Crippen molar-refractivity contribution < 1.29 is 106 Å². The quantitative estimate of drug-likeness (QED) is 0.132. The highest BCUT2D eigenvalue weighted by atomic mass is 35.5. The first-order valence-corrected chi connectivity index (χ1v) is 11.0. The van der Waals surface area contributed by atoms with Crippen molar-refractivity contribution in [3.63, 3.8) is 0 Å². The lowest BCUT2D eigenvalue weighted by molar-refractivity contribution is -0.444. The Balaban J connectivity index is 4.12. The smallest absolute Gasteiger partial charge is 0.247 e. The van der Waals surface area contributed by atoms with Crippen LogP contribution >= 0.6 is 34.8 Å². The summed E-state index contributed by atoms with van der Waals surface area (Å²) in [4.78, 5) is 3.97. The molecule has 1 aromatic rings. The van der Waals surface area contributed by atoms with Gasteiger partial charge in [-0.3, -0.25) is 0 Å². The number of hydrogen-bond acceptors (Lipinski definition) is 6. The highest BCUT2D eigenvalue weighted by Gasteiger charge is 2.72. The summed E-state index contributed by atoms with van der Waals surface area (Å²) in [5.74, 6) is -33.9. The van der Waals surface area contributed by atoms with Crippen LogP contribution in [0.25, 0.3) is 0 Å². The predicted octanol–water partition coefficient (Wildman–Crippen LogP) is 8.36. The van der Waals surface area contributed by atoms with Crippen LogP contribution in [-0.2, 0) is 32.0 Å². The molecule has 0 radical (unpaired) electrons. The molecule has 0 spiro atoms. The molecule has 0 aliphatic rings. The third-order valence-electron chi connectivity index (χ3n) is 4.13. The molecule has 0 aromatic carbocycles. The first kappa shape index (κ1) is 41.3. The van der Waals surface area contributed by atoms with Gasteiger partial charge in [0.25, 0.3) is 16.9 Å². The van der Waals surface area contributed by atoms with Gasteiger partial charge in [0.2, 0.25) is 17.5 Å². The van der Waals surface area contributed by atoms with E-state index in [2.05, 4.69) is 34.8 Å². The molecule has 45 heavy (non-hydrogen) atoms. The molecular weight excluding hydrogens is 776 g/mol. The lowest BCUT2D eigenvalue weighted by Crippen LogP contribution is -2.52. The van der Waals surface area contributed by atoms with Gasteiger partial charge in [-0.2, -0.15) is 79.0 Å². The first-order valence-electron chi connectivity index (χ1n) is 9.64. The molecule has 1 rings (SSSR count). The Hall–Kier alpha value is -1.71. The van der Waals surface area contributed by atoms with Gasteiger partial charge in [0.1, 0.15) is 0 Å². The van der Waals surface area contributed by atoms with E-state index in [1.165, 1.54) is 15.0 Å². The minimum absolute atomic E-state index is 1.32. The number of nitrogens with zero attached hydrogens (tertiary/aromatic N) is 3. The molecule has 0 N–H and O–H groups in total. The number of rotatable bonds is 15. The number of halogens is 24. The van der Waals surface area contributed by atoms with Crippen molar-refractivity contribution in [3.8, 4) is 0 Å². The summed E-state index contributed by atoms with van der Waals surface area (Å²) in [5, 5.41) is 0. The molecule has 0 amide bonds. The van der Waals surface area contributed by atoms with Crippen molar-refractivity contribution in [2.24, 2.45) is 0 Å². The summed E-state index contributed by atoms with van der Waals surface area (Å²) in [6.45, 7) is 0. The standard InChI is InChI=1S/C15H3Cl3F21N3O3/c16-1(19)10(28,29)43-13(34,35)7(22,23)4-40-5(8(24,25)14(36,37)44-11(30,31)2(17)20)42-6(41-4)9(26,27)15(38,39)45-12(32,33)3(18)21/h1-3H. The van der Waals surface area contributed by atoms with Crippen molar-refractivity contribution in [2.75, 3.05) is 0 Å². The van der Waals surface area contributed by atoms with Crippen LogP contribution in [0.4, 0.5) is 92.2 Å². The molecule has 1 heterocycles. The fraction of sp³-hybridized carbons (Fsp3) is 0.800. The summed E-state index contributed by atoms with van der Waals surface area (Å²) in [5.41, 5.74) is -13.5. The van der Waals surface area contributed by atoms with E-state index in [1.807, 2.05) is 14.2 Å². The first-order chi connectivity index (χ1) is 19.5. The second-order valence-electron chi connectivity index (χ2n) is 7.47. The van der Waals surface area contributed by atoms with E-state index in [9.17, 15) is 92.2 Å². The van der Waals surface area contributed by atoms with Gasteiger partial charge in [0, 0.05) is 0 Å². The van der Waals surface area contributed by atoms with Gasteiger partial charge in [-0.15, -0.1) is 0 Å². The summed E-state index contributed by atoms with van der Waals surface area (Å²) in [6, 6.07) is 0. The second-order valence-corrected chi connectivity index (χ2v) is 8.62. The summed E-state index contributed by atoms with van der Waals surface area (Å²) < 4.78 is 292. The zero-order valence-corrected chi connectivity index (χ0v) is 21.6. The lowest BCUT2D eigenvalue weighted by atomic mass is 10.2. The van der Waals surface area contributed by atoms with Crippen molar-refractivity contribution >= 4 is 34.8 Å². The van der Waals surface area contributed by atoms with Crippen LogP contribution in [0.1, 0.15) is 17.5 Å². The normalized spacial score (nSPS) is 17.3. The molecule has 0 saturated carbocycles. The Bertz CT molecular complexity index is 1050. The number of ether oxygens (including phenoxy) is 3. The van der Waals surface area contributed by atoms with Crippen LogP contribution in [0.15, 0.2) is 0 Å². The van der Waals surface area contributed by atoms with Gasteiger partial charge in [-0.25, -0.2) is 42.3 Å². The number of hydrogen-bond donors (Lipinski definition) is 0. The topological polar surface area (TPSA) is 66.4 Å². The molecule has 3 atom stereocenters. The van der Waals surface area contributed by atoms with Crippen LogP contribution in [0, 0.1) is 0 Å². The minimum Gasteiger partial charge on any atom is -0.247 e. The van der Waals surface area contributed by atoms with Gasteiger partial charge >= 0.3 is 54.4 Å². The summed E-state index contributed by atoms with van der Waals surface area (Å²) in [6.07, 6.45) is -40.5. The second kappa shape index (κ2) is 12.4. The monoisotopic (exact) mass is 777 g/mol. The van der Waals surface area contributed by atoms with E-state index in [1.54, 1.807) is 0 Å². The lowest BCUT2D eigenvalue weighted by Gasteiger charge is -2.32. The highest BCUT2D eigenvalue weighted by Crippen LogP contribution is 2.52. The van der Waals surface area contributed by atoms with Crippen LogP contribution in [0.5, 0.6) is 0 Å². The molecule has 0 aliphatic carbocycles. The molecule has 3 unspecified atom stereocenters. The van der Waals surface area contributed by atoms with E-state index in [0.29, 0.717) is 0 Å². The Labute approximate surface area is 245 Å². The molecule has 0 saturated heterocycles. The Morgan fingerprint density at radius 2 is 0.533 bits per heavy atom.